The Morgan fingerprint density at radius 3 is 2.74 bits per heavy atom. The maximum absolute atomic E-state index is 12.3. The molecular weight excluding hydrogens is 344 g/mol. The zero-order valence-electron chi connectivity index (χ0n) is 15.3. The number of urea groups is 1. The number of nitrogens with one attached hydrogen (secondary N) is 3. The first-order valence-corrected chi connectivity index (χ1v) is 9.12. The molecule has 3 amide bonds. The zero-order valence-corrected chi connectivity index (χ0v) is 15.3. The van der Waals surface area contributed by atoms with Gasteiger partial charge in [0.05, 0.1) is 6.20 Å². The van der Waals surface area contributed by atoms with Crippen LogP contribution >= 0.6 is 0 Å². The monoisotopic (exact) mass is 368 g/mol. The minimum atomic E-state index is -0.263. The van der Waals surface area contributed by atoms with Crippen LogP contribution in [0.25, 0.3) is 0 Å². The third-order valence-electron chi connectivity index (χ3n) is 4.42. The molecule has 142 valence electrons. The standard InChI is InChI=1S/C19H24N6O2/c1-2-21-18(26)14-4-3-5-16(12-14)24-19(27)23-15-6-10-25(11-7-15)17-13-20-8-9-22-17/h3-5,8-9,12-13,15H,2,6-7,10-11H2,1H3,(H,21,26)(H2,23,24,27). The molecule has 0 bridgehead atoms. The number of hydrogen-bond donors (Lipinski definition) is 3. The Labute approximate surface area is 158 Å². The van der Waals surface area contributed by atoms with E-state index in [2.05, 4.69) is 30.8 Å². The fourth-order valence-corrected chi connectivity index (χ4v) is 3.06. The van der Waals surface area contributed by atoms with E-state index in [9.17, 15) is 9.59 Å². The number of hydrogen-bond acceptors (Lipinski definition) is 5. The van der Waals surface area contributed by atoms with Crippen molar-refractivity contribution < 1.29 is 9.59 Å². The Kier molecular flexibility index (Phi) is 6.19. The predicted octanol–water partition coefficient (Wildman–Crippen LogP) is 2.02. The van der Waals surface area contributed by atoms with Gasteiger partial charge in [0.1, 0.15) is 5.82 Å². The minimum Gasteiger partial charge on any atom is -0.355 e. The van der Waals surface area contributed by atoms with Crippen molar-refractivity contribution in [3.05, 3.63) is 48.4 Å². The van der Waals surface area contributed by atoms with Crippen LogP contribution < -0.4 is 20.9 Å². The van der Waals surface area contributed by atoms with Crippen LogP contribution in [0.2, 0.25) is 0 Å². The molecule has 1 aliphatic heterocycles. The van der Waals surface area contributed by atoms with Gasteiger partial charge in [-0.1, -0.05) is 6.07 Å². The van der Waals surface area contributed by atoms with Crippen molar-refractivity contribution in [2.75, 3.05) is 29.9 Å². The van der Waals surface area contributed by atoms with Gasteiger partial charge in [-0.3, -0.25) is 9.78 Å². The van der Waals surface area contributed by atoms with Crippen LogP contribution in [0.1, 0.15) is 30.1 Å². The van der Waals surface area contributed by atoms with Crippen molar-refractivity contribution in [3.8, 4) is 0 Å². The maximum atomic E-state index is 12.3. The Bertz CT molecular complexity index is 775. The number of anilines is 2. The fraction of sp³-hybridized carbons (Fsp3) is 0.368. The number of rotatable bonds is 5. The van der Waals surface area contributed by atoms with E-state index in [0.29, 0.717) is 17.8 Å². The minimum absolute atomic E-state index is 0.101. The third-order valence-corrected chi connectivity index (χ3v) is 4.42. The summed E-state index contributed by atoms with van der Waals surface area (Å²) in [5, 5.41) is 8.55. The van der Waals surface area contributed by atoms with Crippen molar-refractivity contribution in [1.82, 2.24) is 20.6 Å². The van der Waals surface area contributed by atoms with Crippen LogP contribution in [0, 0.1) is 0 Å². The van der Waals surface area contributed by atoms with Crippen LogP contribution in [0.4, 0.5) is 16.3 Å². The zero-order chi connectivity index (χ0) is 19.1. The molecule has 1 fully saturated rings. The number of carbonyl (C=O) groups is 2. The summed E-state index contributed by atoms with van der Waals surface area (Å²) in [4.78, 5) is 34.7. The van der Waals surface area contributed by atoms with E-state index in [0.717, 1.165) is 31.7 Å². The van der Waals surface area contributed by atoms with E-state index in [4.69, 9.17) is 0 Å². The van der Waals surface area contributed by atoms with Gasteiger partial charge in [-0.05, 0) is 38.0 Å². The van der Waals surface area contributed by atoms with Crippen LogP contribution in [0.15, 0.2) is 42.9 Å². The molecule has 0 aliphatic carbocycles. The average Bonchev–Trinajstić information content (AvgIpc) is 2.69. The van der Waals surface area contributed by atoms with Gasteiger partial charge in [0.25, 0.3) is 5.91 Å². The number of nitrogens with zero attached hydrogens (tertiary/aromatic N) is 3. The van der Waals surface area contributed by atoms with Gasteiger partial charge in [0.15, 0.2) is 0 Å². The molecule has 0 atom stereocenters. The number of benzene rings is 1. The van der Waals surface area contributed by atoms with Crippen molar-refractivity contribution in [2.24, 2.45) is 0 Å². The second kappa shape index (κ2) is 8.98. The number of amides is 3. The second-order valence-electron chi connectivity index (χ2n) is 6.36. The molecule has 0 unspecified atom stereocenters. The van der Waals surface area contributed by atoms with Gasteiger partial charge in [0.2, 0.25) is 0 Å². The molecule has 8 heteroatoms. The SMILES string of the molecule is CCNC(=O)c1cccc(NC(=O)NC2CCN(c3cnccn3)CC2)c1. The maximum Gasteiger partial charge on any atom is 0.319 e. The molecule has 2 aromatic rings. The summed E-state index contributed by atoms with van der Waals surface area (Å²) in [6, 6.07) is 6.74. The predicted molar refractivity (Wildman–Crippen MR) is 104 cm³/mol. The molecule has 3 N–H and O–H groups in total. The van der Waals surface area contributed by atoms with E-state index in [-0.39, 0.29) is 18.0 Å². The summed E-state index contributed by atoms with van der Waals surface area (Å²) in [5.74, 6) is 0.709. The van der Waals surface area contributed by atoms with Gasteiger partial charge >= 0.3 is 6.03 Å². The highest BCUT2D eigenvalue weighted by atomic mass is 16.2. The van der Waals surface area contributed by atoms with Crippen molar-refractivity contribution in [3.63, 3.8) is 0 Å². The van der Waals surface area contributed by atoms with Crippen molar-refractivity contribution in [2.45, 2.75) is 25.8 Å². The second-order valence-corrected chi connectivity index (χ2v) is 6.36. The molecule has 0 saturated carbocycles. The summed E-state index contributed by atoms with van der Waals surface area (Å²) >= 11 is 0. The van der Waals surface area contributed by atoms with Crippen molar-refractivity contribution >= 4 is 23.4 Å². The van der Waals surface area contributed by atoms with Crippen LogP contribution in [-0.4, -0.2) is 47.6 Å². The third kappa shape index (κ3) is 5.16. The lowest BCUT2D eigenvalue weighted by atomic mass is 10.1. The highest BCUT2D eigenvalue weighted by Crippen LogP contribution is 2.17. The van der Waals surface area contributed by atoms with E-state index in [1.54, 1.807) is 42.9 Å². The first-order valence-electron chi connectivity index (χ1n) is 9.12. The molecule has 27 heavy (non-hydrogen) atoms. The molecule has 1 saturated heterocycles. The number of carbonyl (C=O) groups excluding carboxylic acids is 2. The summed E-state index contributed by atoms with van der Waals surface area (Å²) in [5.41, 5.74) is 1.11. The van der Waals surface area contributed by atoms with Gasteiger partial charge in [-0.15, -0.1) is 0 Å². The van der Waals surface area contributed by atoms with Crippen LogP contribution in [-0.2, 0) is 0 Å². The van der Waals surface area contributed by atoms with Gasteiger partial charge in [0, 0.05) is 49.3 Å². The smallest absolute Gasteiger partial charge is 0.319 e. The van der Waals surface area contributed by atoms with Gasteiger partial charge in [-0.25, -0.2) is 9.78 Å². The molecule has 8 nitrogen and oxygen atoms in total. The summed E-state index contributed by atoms with van der Waals surface area (Å²) < 4.78 is 0. The molecule has 1 aliphatic rings. The Morgan fingerprint density at radius 1 is 1.22 bits per heavy atom. The molecule has 2 heterocycles. The topological polar surface area (TPSA) is 99.2 Å². The lowest BCUT2D eigenvalue weighted by Gasteiger charge is -2.32. The van der Waals surface area contributed by atoms with E-state index < -0.39 is 0 Å². The molecular formula is C19H24N6O2. The van der Waals surface area contributed by atoms with Crippen LogP contribution in [0.3, 0.4) is 0 Å². The Balaban J connectivity index is 1.49. The summed E-state index contributed by atoms with van der Waals surface area (Å²) in [6.45, 7) is 4.06. The van der Waals surface area contributed by atoms with Gasteiger partial charge < -0.3 is 20.9 Å². The molecule has 0 spiro atoms. The van der Waals surface area contributed by atoms with E-state index in [1.807, 2.05) is 6.92 Å². The average molecular weight is 368 g/mol. The number of piperidine rings is 1. The lowest BCUT2D eigenvalue weighted by molar-refractivity contribution is 0.0956. The molecule has 3 rings (SSSR count). The summed E-state index contributed by atoms with van der Waals surface area (Å²) in [6.07, 6.45) is 6.76. The highest BCUT2D eigenvalue weighted by Gasteiger charge is 2.21. The lowest BCUT2D eigenvalue weighted by Crippen LogP contribution is -2.46. The molecule has 0 radical (unpaired) electrons. The number of aromatic nitrogens is 2. The quantitative estimate of drug-likeness (QED) is 0.750. The Hall–Kier alpha value is -3.16. The largest absolute Gasteiger partial charge is 0.355 e. The summed E-state index contributed by atoms with van der Waals surface area (Å²) in [7, 11) is 0. The fourth-order valence-electron chi connectivity index (χ4n) is 3.06. The normalized spacial score (nSPS) is 14.5. The van der Waals surface area contributed by atoms with Gasteiger partial charge in [-0.2, -0.15) is 0 Å². The highest BCUT2D eigenvalue weighted by molar-refractivity contribution is 5.96. The van der Waals surface area contributed by atoms with Crippen molar-refractivity contribution in [1.29, 1.82) is 0 Å². The van der Waals surface area contributed by atoms with Crippen LogP contribution in [0.5, 0.6) is 0 Å². The Morgan fingerprint density at radius 2 is 2.04 bits per heavy atom. The van der Waals surface area contributed by atoms with E-state index >= 15 is 0 Å². The molecule has 1 aromatic carbocycles. The first-order chi connectivity index (χ1) is 13.2. The van der Waals surface area contributed by atoms with E-state index in [1.165, 1.54) is 0 Å². The first kappa shape index (κ1) is 18.6. The molecule has 1 aromatic heterocycles.